The van der Waals surface area contributed by atoms with Gasteiger partial charge in [0.15, 0.2) is 6.61 Å². The van der Waals surface area contributed by atoms with Crippen molar-refractivity contribution in [1.29, 1.82) is 0 Å². The maximum atomic E-state index is 11.1. The van der Waals surface area contributed by atoms with E-state index in [-0.39, 0.29) is 12.5 Å². The second kappa shape index (κ2) is 4.22. The van der Waals surface area contributed by atoms with Crippen LogP contribution in [0.25, 0.3) is 0 Å². The molecular formula is C11H12N2O3. The van der Waals surface area contributed by atoms with Crippen LogP contribution in [-0.2, 0) is 11.2 Å². The molecule has 1 aliphatic rings. The Morgan fingerprint density at radius 1 is 1.62 bits per heavy atom. The number of oxime groups is 1. The first kappa shape index (κ1) is 10.5. The number of hydrogen-bond acceptors (Lipinski definition) is 4. The van der Waals surface area contributed by atoms with Crippen molar-refractivity contribution in [2.75, 3.05) is 11.9 Å². The van der Waals surface area contributed by atoms with Gasteiger partial charge >= 0.3 is 0 Å². The van der Waals surface area contributed by atoms with Gasteiger partial charge in [0, 0.05) is 6.42 Å². The van der Waals surface area contributed by atoms with Gasteiger partial charge in [-0.15, -0.1) is 0 Å². The molecule has 84 valence electrons. The summed E-state index contributed by atoms with van der Waals surface area (Å²) in [4.78, 5) is 11.1. The predicted octanol–water partition coefficient (Wildman–Crippen LogP) is 1.41. The molecule has 0 unspecified atom stereocenters. The van der Waals surface area contributed by atoms with Gasteiger partial charge in [-0.25, -0.2) is 0 Å². The van der Waals surface area contributed by atoms with E-state index < -0.39 is 0 Å². The molecule has 1 amide bonds. The molecule has 5 heteroatoms. The van der Waals surface area contributed by atoms with Crippen LogP contribution in [0.4, 0.5) is 5.69 Å². The van der Waals surface area contributed by atoms with Gasteiger partial charge < -0.3 is 15.3 Å². The van der Waals surface area contributed by atoms with E-state index in [0.717, 1.165) is 5.56 Å². The lowest BCUT2D eigenvalue weighted by Gasteiger charge is -2.18. The molecule has 1 aromatic rings. The van der Waals surface area contributed by atoms with Crippen LogP contribution in [0.5, 0.6) is 5.75 Å². The second-order valence-electron chi connectivity index (χ2n) is 3.68. The van der Waals surface area contributed by atoms with E-state index in [9.17, 15) is 4.79 Å². The summed E-state index contributed by atoms with van der Waals surface area (Å²) in [6.07, 6.45) is 0.541. The van der Waals surface area contributed by atoms with Gasteiger partial charge in [0.2, 0.25) is 0 Å². The zero-order chi connectivity index (χ0) is 11.5. The maximum absolute atomic E-state index is 11.1. The van der Waals surface area contributed by atoms with Gasteiger partial charge in [-0.05, 0) is 24.6 Å². The average molecular weight is 220 g/mol. The summed E-state index contributed by atoms with van der Waals surface area (Å²) >= 11 is 0. The van der Waals surface area contributed by atoms with E-state index in [1.807, 2.05) is 12.1 Å². The van der Waals surface area contributed by atoms with Crippen molar-refractivity contribution < 1.29 is 14.7 Å². The number of carbonyl (C=O) groups excluding carboxylic acids is 1. The van der Waals surface area contributed by atoms with Crippen LogP contribution in [0.2, 0.25) is 0 Å². The molecule has 1 aliphatic heterocycles. The molecule has 0 bridgehead atoms. The largest absolute Gasteiger partial charge is 0.482 e. The number of hydrogen-bond donors (Lipinski definition) is 2. The molecule has 0 fully saturated rings. The number of nitrogens with one attached hydrogen (secondary N) is 1. The molecule has 0 aromatic heterocycles. The molecule has 1 aromatic carbocycles. The fourth-order valence-corrected chi connectivity index (χ4v) is 1.57. The molecule has 0 saturated heterocycles. The van der Waals surface area contributed by atoms with Crippen LogP contribution in [0.1, 0.15) is 12.5 Å². The summed E-state index contributed by atoms with van der Waals surface area (Å²) in [5.41, 5.74) is 2.24. The highest BCUT2D eigenvalue weighted by Crippen LogP contribution is 2.28. The van der Waals surface area contributed by atoms with Gasteiger partial charge in [-0.2, -0.15) is 0 Å². The Bertz CT molecular complexity index is 455. The van der Waals surface area contributed by atoms with E-state index >= 15 is 0 Å². The smallest absolute Gasteiger partial charge is 0.262 e. The monoisotopic (exact) mass is 220 g/mol. The van der Waals surface area contributed by atoms with Gasteiger partial charge in [0.05, 0.1) is 11.4 Å². The van der Waals surface area contributed by atoms with E-state index in [2.05, 4.69) is 10.5 Å². The number of nitrogens with zero attached hydrogens (tertiary/aromatic N) is 1. The van der Waals surface area contributed by atoms with Crippen LogP contribution in [0.3, 0.4) is 0 Å². The molecule has 0 atom stereocenters. The summed E-state index contributed by atoms with van der Waals surface area (Å²) in [5.74, 6) is 0.513. The molecule has 0 spiro atoms. The zero-order valence-corrected chi connectivity index (χ0v) is 8.86. The minimum absolute atomic E-state index is 0.0590. The number of amides is 1. The molecule has 2 N–H and O–H groups in total. The minimum Gasteiger partial charge on any atom is -0.482 e. The quantitative estimate of drug-likeness (QED) is 0.449. The molecule has 0 radical (unpaired) electrons. The zero-order valence-electron chi connectivity index (χ0n) is 8.86. The highest BCUT2D eigenvalue weighted by atomic mass is 16.5. The van der Waals surface area contributed by atoms with Crippen molar-refractivity contribution in [2.45, 2.75) is 13.3 Å². The van der Waals surface area contributed by atoms with Crippen LogP contribution >= 0.6 is 0 Å². The van der Waals surface area contributed by atoms with Gasteiger partial charge in [0.1, 0.15) is 5.75 Å². The highest BCUT2D eigenvalue weighted by molar-refractivity contribution is 5.95. The van der Waals surface area contributed by atoms with Gasteiger partial charge in [0.25, 0.3) is 5.91 Å². The standard InChI is InChI=1S/C11H12N2O3/c1-7(13-15)4-8-2-3-10-9(5-8)12-11(14)6-16-10/h2-3,5,15H,4,6H2,1H3,(H,12,14)/b13-7+. The fraction of sp³-hybridized carbons (Fsp3) is 0.273. The Morgan fingerprint density at radius 2 is 2.44 bits per heavy atom. The summed E-state index contributed by atoms with van der Waals surface area (Å²) in [6.45, 7) is 1.79. The molecular weight excluding hydrogens is 208 g/mol. The topological polar surface area (TPSA) is 70.9 Å². The highest BCUT2D eigenvalue weighted by Gasteiger charge is 2.15. The maximum Gasteiger partial charge on any atom is 0.262 e. The van der Waals surface area contributed by atoms with Crippen LogP contribution in [0, 0.1) is 0 Å². The van der Waals surface area contributed by atoms with E-state index in [1.54, 1.807) is 13.0 Å². The van der Waals surface area contributed by atoms with E-state index in [4.69, 9.17) is 9.94 Å². The normalized spacial score (nSPS) is 15.1. The molecule has 2 rings (SSSR count). The number of rotatable bonds is 2. The van der Waals surface area contributed by atoms with Crippen molar-refractivity contribution in [3.63, 3.8) is 0 Å². The molecule has 0 saturated carbocycles. The number of benzene rings is 1. The van der Waals surface area contributed by atoms with Crippen molar-refractivity contribution in [1.82, 2.24) is 0 Å². The lowest BCUT2D eigenvalue weighted by Crippen LogP contribution is -2.25. The van der Waals surface area contributed by atoms with Crippen LogP contribution < -0.4 is 10.1 Å². The van der Waals surface area contributed by atoms with E-state index in [0.29, 0.717) is 23.6 Å². The Hall–Kier alpha value is -2.04. The third-order valence-electron chi connectivity index (χ3n) is 2.31. The van der Waals surface area contributed by atoms with Crippen molar-refractivity contribution >= 4 is 17.3 Å². The summed E-state index contributed by atoms with van der Waals surface area (Å²) in [6, 6.07) is 5.50. The third kappa shape index (κ3) is 2.13. The first-order valence-corrected chi connectivity index (χ1v) is 4.92. The fourth-order valence-electron chi connectivity index (χ4n) is 1.57. The Balaban J connectivity index is 2.24. The molecule has 1 heterocycles. The summed E-state index contributed by atoms with van der Waals surface area (Å²) in [7, 11) is 0. The SMILES string of the molecule is C/C(Cc1ccc2c(c1)NC(=O)CO2)=N\O. The van der Waals surface area contributed by atoms with Crippen LogP contribution in [0.15, 0.2) is 23.4 Å². The number of anilines is 1. The Labute approximate surface area is 92.7 Å². The average Bonchev–Trinajstić information content (AvgIpc) is 2.28. The predicted molar refractivity (Wildman–Crippen MR) is 59.2 cm³/mol. The first-order valence-electron chi connectivity index (χ1n) is 4.92. The molecule has 0 aliphatic carbocycles. The van der Waals surface area contributed by atoms with Gasteiger partial charge in [-0.1, -0.05) is 11.2 Å². The van der Waals surface area contributed by atoms with Crippen molar-refractivity contribution in [3.8, 4) is 5.75 Å². The number of ether oxygens (including phenoxy) is 1. The lowest BCUT2D eigenvalue weighted by atomic mass is 10.1. The van der Waals surface area contributed by atoms with E-state index in [1.165, 1.54) is 0 Å². The lowest BCUT2D eigenvalue weighted by molar-refractivity contribution is -0.118. The Morgan fingerprint density at radius 3 is 3.19 bits per heavy atom. The van der Waals surface area contributed by atoms with Crippen LogP contribution in [-0.4, -0.2) is 23.4 Å². The first-order chi connectivity index (χ1) is 7.69. The third-order valence-corrected chi connectivity index (χ3v) is 2.31. The number of carbonyl (C=O) groups is 1. The van der Waals surface area contributed by atoms with Gasteiger partial charge in [-0.3, -0.25) is 4.79 Å². The summed E-state index contributed by atoms with van der Waals surface area (Å²) in [5, 5.41) is 14.4. The van der Waals surface area contributed by atoms with Crippen molar-refractivity contribution in [2.24, 2.45) is 5.16 Å². The number of fused-ring (bicyclic) bond motifs is 1. The Kier molecular flexibility index (Phi) is 2.76. The second-order valence-corrected chi connectivity index (χ2v) is 3.68. The molecule has 5 nitrogen and oxygen atoms in total. The minimum atomic E-state index is -0.155. The summed E-state index contributed by atoms with van der Waals surface area (Å²) < 4.78 is 5.23. The van der Waals surface area contributed by atoms with Crippen molar-refractivity contribution in [3.05, 3.63) is 23.8 Å². The molecule has 16 heavy (non-hydrogen) atoms.